The van der Waals surface area contributed by atoms with E-state index in [0.29, 0.717) is 19.0 Å². The number of nitro groups is 1. The van der Waals surface area contributed by atoms with Crippen LogP contribution in [0.3, 0.4) is 0 Å². The summed E-state index contributed by atoms with van der Waals surface area (Å²) in [6, 6.07) is 14.9. The van der Waals surface area contributed by atoms with Crippen LogP contribution in [0.1, 0.15) is 23.1 Å². The summed E-state index contributed by atoms with van der Waals surface area (Å²) in [5.74, 6) is 1.22. The van der Waals surface area contributed by atoms with Crippen LogP contribution in [0.5, 0.6) is 0 Å². The van der Waals surface area contributed by atoms with Crippen LogP contribution in [0.25, 0.3) is 0 Å². The third kappa shape index (κ3) is 6.06. The van der Waals surface area contributed by atoms with E-state index in [1.54, 1.807) is 12.1 Å². The minimum Gasteiger partial charge on any atom is -0.381 e. The first-order valence-corrected chi connectivity index (χ1v) is 9.49. The Morgan fingerprint density at radius 3 is 2.50 bits per heavy atom. The van der Waals surface area contributed by atoms with Crippen LogP contribution in [0.15, 0.2) is 53.5 Å². The van der Waals surface area contributed by atoms with Gasteiger partial charge in [0.25, 0.3) is 5.69 Å². The van der Waals surface area contributed by atoms with E-state index in [0.717, 1.165) is 43.3 Å². The first kappa shape index (κ1) is 19.8. The molecule has 1 heterocycles. The van der Waals surface area contributed by atoms with Gasteiger partial charge in [-0.25, -0.2) is 4.99 Å². The standard InChI is InChI=1S/C21H26N4O3/c1-16-2-4-17(5-3-16)12-22-21(24-14-19-10-11-28-15-19)23-13-18-6-8-20(9-7-18)25(26)27/h2-9,19H,10-15H2,1H3,(H2,22,23,24). The van der Waals surface area contributed by atoms with Crippen molar-refractivity contribution in [2.45, 2.75) is 26.4 Å². The fraction of sp³-hybridized carbons (Fsp3) is 0.381. The Morgan fingerprint density at radius 1 is 1.14 bits per heavy atom. The van der Waals surface area contributed by atoms with Crippen molar-refractivity contribution >= 4 is 11.6 Å². The predicted molar refractivity (Wildman–Crippen MR) is 109 cm³/mol. The van der Waals surface area contributed by atoms with Gasteiger partial charge in [-0.05, 0) is 24.5 Å². The highest BCUT2D eigenvalue weighted by atomic mass is 16.6. The summed E-state index contributed by atoms with van der Waals surface area (Å²) < 4.78 is 5.43. The van der Waals surface area contributed by atoms with E-state index in [9.17, 15) is 10.1 Å². The number of nitro benzene ring substituents is 1. The Balaban J connectivity index is 1.61. The molecule has 7 heteroatoms. The fourth-order valence-electron chi connectivity index (χ4n) is 2.94. The van der Waals surface area contributed by atoms with Gasteiger partial charge in [-0.2, -0.15) is 0 Å². The second-order valence-electron chi connectivity index (χ2n) is 7.04. The summed E-state index contributed by atoms with van der Waals surface area (Å²) in [5, 5.41) is 17.5. The topological polar surface area (TPSA) is 88.8 Å². The molecule has 148 valence electrons. The van der Waals surface area contributed by atoms with Crippen LogP contribution in [-0.4, -0.2) is 30.6 Å². The monoisotopic (exact) mass is 382 g/mol. The van der Waals surface area contributed by atoms with Crippen molar-refractivity contribution in [2.75, 3.05) is 19.8 Å². The first-order valence-electron chi connectivity index (χ1n) is 9.49. The van der Waals surface area contributed by atoms with E-state index >= 15 is 0 Å². The van der Waals surface area contributed by atoms with Gasteiger partial charge in [0.05, 0.1) is 18.1 Å². The lowest BCUT2D eigenvalue weighted by Gasteiger charge is -2.15. The maximum Gasteiger partial charge on any atom is 0.269 e. The lowest BCUT2D eigenvalue weighted by atomic mass is 10.1. The molecule has 3 rings (SSSR count). The molecule has 1 unspecified atom stereocenters. The summed E-state index contributed by atoms with van der Waals surface area (Å²) in [4.78, 5) is 15.1. The number of aryl methyl sites for hydroxylation is 1. The predicted octanol–water partition coefficient (Wildman–Crippen LogP) is 3.18. The Morgan fingerprint density at radius 2 is 1.86 bits per heavy atom. The maximum absolute atomic E-state index is 10.8. The average molecular weight is 382 g/mol. The van der Waals surface area contributed by atoms with Gasteiger partial charge >= 0.3 is 0 Å². The minimum absolute atomic E-state index is 0.0939. The van der Waals surface area contributed by atoms with Gasteiger partial charge in [0.2, 0.25) is 0 Å². The largest absolute Gasteiger partial charge is 0.381 e. The number of nitrogens with one attached hydrogen (secondary N) is 2. The smallest absolute Gasteiger partial charge is 0.269 e. The molecule has 0 aromatic heterocycles. The number of benzene rings is 2. The molecule has 1 saturated heterocycles. The van der Waals surface area contributed by atoms with E-state index in [2.05, 4.69) is 41.8 Å². The second kappa shape index (κ2) is 9.85. The second-order valence-corrected chi connectivity index (χ2v) is 7.04. The molecule has 1 atom stereocenters. The third-order valence-electron chi connectivity index (χ3n) is 4.73. The number of ether oxygens (including phenoxy) is 1. The zero-order valence-corrected chi connectivity index (χ0v) is 16.1. The lowest BCUT2D eigenvalue weighted by molar-refractivity contribution is -0.384. The van der Waals surface area contributed by atoms with E-state index in [1.807, 2.05) is 0 Å². The fourth-order valence-corrected chi connectivity index (χ4v) is 2.94. The zero-order chi connectivity index (χ0) is 19.8. The summed E-state index contributed by atoms with van der Waals surface area (Å²) in [7, 11) is 0. The molecule has 1 fully saturated rings. The third-order valence-corrected chi connectivity index (χ3v) is 4.73. The van der Waals surface area contributed by atoms with E-state index in [4.69, 9.17) is 9.73 Å². The molecule has 0 spiro atoms. The Labute approximate surface area is 165 Å². The van der Waals surface area contributed by atoms with Crippen molar-refractivity contribution < 1.29 is 9.66 Å². The Kier molecular flexibility index (Phi) is 6.97. The molecule has 1 aliphatic heterocycles. The SMILES string of the molecule is Cc1ccc(CN=C(NCc2ccc([N+](=O)[O-])cc2)NCC2CCOC2)cc1. The number of rotatable bonds is 7. The highest BCUT2D eigenvalue weighted by Crippen LogP contribution is 2.12. The highest BCUT2D eigenvalue weighted by Gasteiger charge is 2.15. The van der Waals surface area contributed by atoms with Crippen LogP contribution in [-0.2, 0) is 17.8 Å². The van der Waals surface area contributed by atoms with Crippen LogP contribution in [0, 0.1) is 23.0 Å². The highest BCUT2D eigenvalue weighted by molar-refractivity contribution is 5.79. The number of hydrogen-bond donors (Lipinski definition) is 2. The van der Waals surface area contributed by atoms with Crippen molar-refractivity contribution in [3.63, 3.8) is 0 Å². The number of hydrogen-bond acceptors (Lipinski definition) is 4. The number of non-ortho nitro benzene ring substituents is 1. The molecule has 7 nitrogen and oxygen atoms in total. The molecule has 0 bridgehead atoms. The van der Waals surface area contributed by atoms with Crippen LogP contribution >= 0.6 is 0 Å². The van der Waals surface area contributed by atoms with Crippen LogP contribution < -0.4 is 10.6 Å². The van der Waals surface area contributed by atoms with Crippen molar-refractivity contribution in [1.29, 1.82) is 0 Å². The Bertz CT molecular complexity index is 797. The average Bonchev–Trinajstić information content (AvgIpc) is 3.22. The maximum atomic E-state index is 10.8. The van der Waals surface area contributed by atoms with E-state index in [-0.39, 0.29) is 5.69 Å². The van der Waals surface area contributed by atoms with Gasteiger partial charge in [-0.15, -0.1) is 0 Å². The molecule has 0 radical (unpaired) electrons. The lowest BCUT2D eigenvalue weighted by Crippen LogP contribution is -2.39. The molecular formula is C21H26N4O3. The van der Waals surface area contributed by atoms with Crippen molar-refractivity contribution in [1.82, 2.24) is 10.6 Å². The van der Waals surface area contributed by atoms with Gasteiger partial charge in [0.1, 0.15) is 0 Å². The van der Waals surface area contributed by atoms with Crippen molar-refractivity contribution in [3.05, 3.63) is 75.3 Å². The van der Waals surface area contributed by atoms with Crippen molar-refractivity contribution in [3.8, 4) is 0 Å². The zero-order valence-electron chi connectivity index (χ0n) is 16.1. The first-order chi connectivity index (χ1) is 13.6. The normalized spacial score (nSPS) is 16.8. The molecule has 1 aliphatic rings. The van der Waals surface area contributed by atoms with Crippen LogP contribution in [0.4, 0.5) is 5.69 Å². The number of aliphatic imine (C=N–C) groups is 1. The summed E-state index contributed by atoms with van der Waals surface area (Å²) in [5.41, 5.74) is 3.42. The van der Waals surface area contributed by atoms with Crippen molar-refractivity contribution in [2.24, 2.45) is 10.9 Å². The van der Waals surface area contributed by atoms with Gasteiger partial charge in [0.15, 0.2) is 5.96 Å². The summed E-state index contributed by atoms with van der Waals surface area (Å²) in [6.07, 6.45) is 1.06. The molecular weight excluding hydrogens is 356 g/mol. The van der Waals surface area contributed by atoms with Gasteiger partial charge < -0.3 is 15.4 Å². The minimum atomic E-state index is -0.392. The molecule has 28 heavy (non-hydrogen) atoms. The van der Waals surface area contributed by atoms with Gasteiger partial charge in [0, 0.05) is 37.7 Å². The molecule has 0 amide bonds. The number of guanidine groups is 1. The Hall–Kier alpha value is -2.93. The molecule has 2 aromatic carbocycles. The molecule has 2 N–H and O–H groups in total. The van der Waals surface area contributed by atoms with Gasteiger partial charge in [-0.1, -0.05) is 42.0 Å². The molecule has 0 saturated carbocycles. The quantitative estimate of drug-likeness (QED) is 0.332. The summed E-state index contributed by atoms with van der Waals surface area (Å²) in [6.45, 7) is 5.59. The van der Waals surface area contributed by atoms with Gasteiger partial charge in [-0.3, -0.25) is 10.1 Å². The molecule has 0 aliphatic carbocycles. The number of nitrogens with zero attached hydrogens (tertiary/aromatic N) is 2. The molecule has 2 aromatic rings. The van der Waals surface area contributed by atoms with E-state index in [1.165, 1.54) is 17.7 Å². The van der Waals surface area contributed by atoms with Crippen LogP contribution in [0.2, 0.25) is 0 Å². The summed E-state index contributed by atoms with van der Waals surface area (Å²) >= 11 is 0. The van der Waals surface area contributed by atoms with E-state index < -0.39 is 4.92 Å².